The molecule has 0 saturated carbocycles. The SMILES string of the molecule is CCC(Nc1c(C)nn(C)c1C)c1ccc(Cl)cc1Cl. The fourth-order valence-electron chi connectivity index (χ4n) is 2.34. The zero-order valence-corrected chi connectivity index (χ0v) is 13.7. The largest absolute Gasteiger partial charge is 0.375 e. The van der Waals surface area contributed by atoms with Gasteiger partial charge < -0.3 is 5.32 Å². The van der Waals surface area contributed by atoms with Crippen LogP contribution < -0.4 is 5.32 Å². The Balaban J connectivity index is 2.33. The number of benzene rings is 1. The summed E-state index contributed by atoms with van der Waals surface area (Å²) in [6.07, 6.45) is 0.926. The number of aromatic nitrogens is 2. The van der Waals surface area contributed by atoms with Crippen molar-refractivity contribution in [1.82, 2.24) is 9.78 Å². The van der Waals surface area contributed by atoms with Crippen LogP contribution in [0.4, 0.5) is 5.69 Å². The van der Waals surface area contributed by atoms with Gasteiger partial charge in [-0.3, -0.25) is 4.68 Å². The monoisotopic (exact) mass is 311 g/mol. The molecule has 0 spiro atoms. The van der Waals surface area contributed by atoms with Gasteiger partial charge in [0.25, 0.3) is 0 Å². The molecule has 0 radical (unpaired) electrons. The van der Waals surface area contributed by atoms with Gasteiger partial charge in [-0.25, -0.2) is 0 Å². The Bertz CT molecular complexity index is 620. The van der Waals surface area contributed by atoms with Crippen LogP contribution in [-0.2, 0) is 7.05 Å². The van der Waals surface area contributed by atoms with Crippen molar-refractivity contribution in [2.24, 2.45) is 7.05 Å². The number of nitrogens with one attached hydrogen (secondary N) is 1. The van der Waals surface area contributed by atoms with Crippen molar-refractivity contribution in [1.29, 1.82) is 0 Å². The first-order valence-corrected chi connectivity index (χ1v) is 7.41. The van der Waals surface area contributed by atoms with E-state index < -0.39 is 0 Å². The lowest BCUT2D eigenvalue weighted by Gasteiger charge is -2.20. The van der Waals surface area contributed by atoms with Crippen molar-refractivity contribution >= 4 is 28.9 Å². The van der Waals surface area contributed by atoms with E-state index >= 15 is 0 Å². The van der Waals surface area contributed by atoms with Crippen molar-refractivity contribution in [3.63, 3.8) is 0 Å². The summed E-state index contributed by atoms with van der Waals surface area (Å²) in [5.74, 6) is 0. The summed E-state index contributed by atoms with van der Waals surface area (Å²) in [7, 11) is 1.95. The van der Waals surface area contributed by atoms with Gasteiger partial charge in [0.15, 0.2) is 0 Å². The fraction of sp³-hybridized carbons (Fsp3) is 0.400. The number of anilines is 1. The fourth-order valence-corrected chi connectivity index (χ4v) is 2.88. The van der Waals surface area contributed by atoms with Crippen LogP contribution in [0.2, 0.25) is 10.0 Å². The molecular weight excluding hydrogens is 293 g/mol. The van der Waals surface area contributed by atoms with Crippen molar-refractivity contribution in [2.75, 3.05) is 5.32 Å². The van der Waals surface area contributed by atoms with Crippen LogP contribution in [-0.4, -0.2) is 9.78 Å². The minimum absolute atomic E-state index is 0.140. The Kier molecular flexibility index (Phi) is 4.61. The summed E-state index contributed by atoms with van der Waals surface area (Å²) in [5, 5.41) is 9.33. The molecule has 0 saturated heterocycles. The first kappa shape index (κ1) is 15.2. The smallest absolute Gasteiger partial charge is 0.0828 e. The molecule has 0 aliphatic rings. The molecule has 0 amide bonds. The molecule has 1 aromatic carbocycles. The lowest BCUT2D eigenvalue weighted by atomic mass is 10.0. The average molecular weight is 312 g/mol. The highest BCUT2D eigenvalue weighted by atomic mass is 35.5. The normalized spacial score (nSPS) is 12.5. The maximum absolute atomic E-state index is 6.31. The van der Waals surface area contributed by atoms with Crippen molar-refractivity contribution in [2.45, 2.75) is 33.2 Å². The van der Waals surface area contributed by atoms with Crippen molar-refractivity contribution in [3.05, 3.63) is 45.2 Å². The maximum Gasteiger partial charge on any atom is 0.0828 e. The summed E-state index contributed by atoms with van der Waals surface area (Å²) in [6.45, 7) is 6.19. The predicted octanol–water partition coefficient (Wildman–Crippen LogP) is 4.91. The van der Waals surface area contributed by atoms with E-state index in [1.165, 1.54) is 0 Å². The molecule has 0 fully saturated rings. The third kappa shape index (κ3) is 2.94. The van der Waals surface area contributed by atoms with E-state index in [2.05, 4.69) is 24.3 Å². The van der Waals surface area contributed by atoms with Crippen LogP contribution in [0.25, 0.3) is 0 Å². The molecule has 3 nitrogen and oxygen atoms in total. The molecule has 1 unspecified atom stereocenters. The standard InChI is InChI=1S/C15H19Cl2N3/c1-5-14(12-7-6-11(16)8-13(12)17)18-15-9(2)19-20(4)10(15)3/h6-8,14,18H,5H2,1-4H3. The average Bonchev–Trinajstić information content (AvgIpc) is 2.62. The van der Waals surface area contributed by atoms with Crippen LogP contribution >= 0.6 is 23.2 Å². The highest BCUT2D eigenvalue weighted by molar-refractivity contribution is 6.35. The van der Waals surface area contributed by atoms with Crippen LogP contribution in [0.15, 0.2) is 18.2 Å². The summed E-state index contributed by atoms with van der Waals surface area (Å²) >= 11 is 12.3. The molecule has 1 atom stereocenters. The molecular formula is C15H19Cl2N3. The van der Waals surface area contributed by atoms with Crippen LogP contribution in [0, 0.1) is 13.8 Å². The van der Waals surface area contributed by atoms with Gasteiger partial charge in [-0.1, -0.05) is 36.2 Å². The number of aryl methyl sites for hydroxylation is 2. The van der Waals surface area contributed by atoms with Crippen LogP contribution in [0.3, 0.4) is 0 Å². The summed E-state index contributed by atoms with van der Waals surface area (Å²) in [4.78, 5) is 0. The number of halogens is 2. The molecule has 2 aromatic rings. The van der Waals surface area contributed by atoms with Gasteiger partial charge in [0.1, 0.15) is 0 Å². The zero-order chi connectivity index (χ0) is 14.9. The van der Waals surface area contributed by atoms with Crippen LogP contribution in [0.5, 0.6) is 0 Å². The summed E-state index contributed by atoms with van der Waals surface area (Å²) in [6, 6.07) is 5.77. The van der Waals surface area contributed by atoms with E-state index in [1.807, 2.05) is 30.8 Å². The Morgan fingerprint density at radius 1 is 1.30 bits per heavy atom. The van der Waals surface area contributed by atoms with Gasteiger partial charge in [-0.15, -0.1) is 0 Å². The second-order valence-corrected chi connectivity index (χ2v) is 5.78. The first-order chi connectivity index (χ1) is 9.43. The lowest BCUT2D eigenvalue weighted by Crippen LogP contribution is -2.11. The summed E-state index contributed by atoms with van der Waals surface area (Å²) < 4.78 is 1.88. The first-order valence-electron chi connectivity index (χ1n) is 6.65. The topological polar surface area (TPSA) is 29.9 Å². The number of nitrogens with zero attached hydrogens (tertiary/aromatic N) is 2. The number of rotatable bonds is 4. The Morgan fingerprint density at radius 3 is 2.50 bits per heavy atom. The quantitative estimate of drug-likeness (QED) is 0.869. The van der Waals surface area contributed by atoms with E-state index in [-0.39, 0.29) is 6.04 Å². The highest BCUT2D eigenvalue weighted by Crippen LogP contribution is 2.32. The molecule has 5 heteroatoms. The van der Waals surface area contributed by atoms with Crippen LogP contribution in [0.1, 0.15) is 36.3 Å². The second-order valence-electron chi connectivity index (χ2n) is 4.94. The van der Waals surface area contributed by atoms with E-state index in [1.54, 1.807) is 6.07 Å². The highest BCUT2D eigenvalue weighted by Gasteiger charge is 2.17. The van der Waals surface area contributed by atoms with E-state index in [0.717, 1.165) is 29.1 Å². The maximum atomic E-state index is 6.31. The predicted molar refractivity (Wildman–Crippen MR) is 85.8 cm³/mol. The summed E-state index contributed by atoms with van der Waals surface area (Å²) in [5.41, 5.74) is 4.24. The third-order valence-electron chi connectivity index (χ3n) is 3.57. The molecule has 1 N–H and O–H groups in total. The van der Waals surface area contributed by atoms with Gasteiger partial charge in [-0.2, -0.15) is 5.10 Å². The Labute approximate surface area is 129 Å². The molecule has 0 aliphatic heterocycles. The van der Waals surface area contributed by atoms with E-state index in [0.29, 0.717) is 10.0 Å². The van der Waals surface area contributed by atoms with Gasteiger partial charge in [0, 0.05) is 17.1 Å². The zero-order valence-electron chi connectivity index (χ0n) is 12.2. The Hall–Kier alpha value is -1.19. The molecule has 1 heterocycles. The third-order valence-corrected chi connectivity index (χ3v) is 4.14. The van der Waals surface area contributed by atoms with E-state index in [4.69, 9.17) is 23.2 Å². The molecule has 2 rings (SSSR count). The molecule has 0 aliphatic carbocycles. The van der Waals surface area contributed by atoms with Crippen molar-refractivity contribution in [3.8, 4) is 0 Å². The molecule has 20 heavy (non-hydrogen) atoms. The van der Waals surface area contributed by atoms with Gasteiger partial charge in [-0.05, 0) is 38.0 Å². The molecule has 108 valence electrons. The van der Waals surface area contributed by atoms with Gasteiger partial charge in [0.05, 0.1) is 23.1 Å². The Morgan fingerprint density at radius 2 is 2.00 bits per heavy atom. The minimum atomic E-state index is 0.140. The second kappa shape index (κ2) is 6.06. The number of hydrogen-bond acceptors (Lipinski definition) is 2. The van der Waals surface area contributed by atoms with E-state index in [9.17, 15) is 0 Å². The van der Waals surface area contributed by atoms with Gasteiger partial charge >= 0.3 is 0 Å². The van der Waals surface area contributed by atoms with Gasteiger partial charge in [0.2, 0.25) is 0 Å². The minimum Gasteiger partial charge on any atom is -0.375 e. The number of hydrogen-bond donors (Lipinski definition) is 1. The van der Waals surface area contributed by atoms with Crippen molar-refractivity contribution < 1.29 is 0 Å². The molecule has 0 bridgehead atoms. The molecule has 1 aromatic heterocycles. The lowest BCUT2D eigenvalue weighted by molar-refractivity contribution is 0.728.